The van der Waals surface area contributed by atoms with Crippen LogP contribution in [0.25, 0.3) is 10.8 Å². The first-order valence-electron chi connectivity index (χ1n) is 20.2. The predicted molar refractivity (Wildman–Crippen MR) is 211 cm³/mol. The summed E-state index contributed by atoms with van der Waals surface area (Å²) in [6.07, 6.45) is 3.73. The molecule has 7 unspecified atom stereocenters. The van der Waals surface area contributed by atoms with Gasteiger partial charge < -0.3 is 28.8 Å². The van der Waals surface area contributed by atoms with Gasteiger partial charge in [0.15, 0.2) is 12.2 Å². The number of rotatable bonds is 9. The van der Waals surface area contributed by atoms with Crippen molar-refractivity contribution in [2.75, 3.05) is 0 Å². The number of aromatic hydroxyl groups is 1. The van der Waals surface area contributed by atoms with Crippen molar-refractivity contribution in [1.82, 2.24) is 0 Å². The molecule has 0 amide bonds. The molecule has 10 heteroatoms. The van der Waals surface area contributed by atoms with Crippen LogP contribution in [0.1, 0.15) is 116 Å². The monoisotopic (exact) mass is 770 g/mol. The maximum absolute atomic E-state index is 12.3. The summed E-state index contributed by atoms with van der Waals surface area (Å²) in [5.74, 6) is -0.558. The molecule has 302 valence electrons. The third kappa shape index (κ3) is 8.18. The van der Waals surface area contributed by atoms with Gasteiger partial charge >= 0.3 is 23.9 Å². The number of esters is 4. The van der Waals surface area contributed by atoms with Crippen LogP contribution in [0.15, 0.2) is 54.6 Å². The molecular formula is C46H58O10. The third-order valence-corrected chi connectivity index (χ3v) is 12.7. The van der Waals surface area contributed by atoms with Crippen molar-refractivity contribution in [3.05, 3.63) is 76.9 Å². The van der Waals surface area contributed by atoms with Crippen molar-refractivity contribution >= 4 is 34.6 Å². The van der Waals surface area contributed by atoms with Gasteiger partial charge in [0.05, 0.1) is 28.3 Å². The van der Waals surface area contributed by atoms with Gasteiger partial charge in [0.2, 0.25) is 0 Å². The van der Waals surface area contributed by atoms with Crippen LogP contribution in [0.2, 0.25) is 0 Å². The molecular weight excluding hydrogens is 712 g/mol. The van der Waals surface area contributed by atoms with Crippen molar-refractivity contribution in [2.24, 2.45) is 22.2 Å². The number of phenolic OH excluding ortho intramolecular Hbond substituents is 1. The van der Waals surface area contributed by atoms with Crippen molar-refractivity contribution < 1.29 is 48.0 Å². The molecule has 0 aromatic heterocycles. The van der Waals surface area contributed by atoms with Gasteiger partial charge in [0.1, 0.15) is 24.1 Å². The standard InChI is InChI=1S/C18H20O2.C15H20O3.C13H18O5/c1-4-18(2,3)17(19)20-15-11-13-9-5-7-12-8-6-10-14(15)16(12)13;1-4-15(2,3)14(17)18-13-8-10-5-6-12(16)7-11(10)9-13;1-4-13(2,3)12(15)18-9-7-5-6-8(16-7)10(9)17-11(6)14/h5-10,15H,4,11H2,1-3H3;5-7,13,16H,4,8-9H2,1-3H3;6-10H,4-5H2,1-3H3. The van der Waals surface area contributed by atoms with Crippen LogP contribution in [-0.4, -0.2) is 59.5 Å². The predicted octanol–water partition coefficient (Wildman–Crippen LogP) is 8.30. The average molecular weight is 771 g/mol. The lowest BCUT2D eigenvalue weighted by molar-refractivity contribution is -0.169. The average Bonchev–Trinajstić information content (AvgIpc) is 3.97. The number of ether oxygens (including phenoxy) is 5. The number of carbonyl (C=O) groups is 4. The highest BCUT2D eigenvalue weighted by Crippen LogP contribution is 2.48. The van der Waals surface area contributed by atoms with Crippen LogP contribution >= 0.6 is 0 Å². The molecule has 7 atom stereocenters. The van der Waals surface area contributed by atoms with Gasteiger partial charge in [-0.3, -0.25) is 19.2 Å². The van der Waals surface area contributed by atoms with Crippen molar-refractivity contribution in [1.29, 1.82) is 0 Å². The van der Waals surface area contributed by atoms with Gasteiger partial charge in [-0.2, -0.15) is 0 Å². The molecule has 8 rings (SSSR count). The number of benzene rings is 3. The van der Waals surface area contributed by atoms with Crippen molar-refractivity contribution in [3.8, 4) is 5.75 Å². The van der Waals surface area contributed by atoms with Crippen LogP contribution in [0.4, 0.5) is 0 Å². The normalized spacial score (nSPS) is 25.4. The second-order valence-electron chi connectivity index (χ2n) is 17.8. The zero-order valence-corrected chi connectivity index (χ0v) is 34.3. The second kappa shape index (κ2) is 15.8. The first kappa shape index (κ1) is 41.2. The van der Waals surface area contributed by atoms with E-state index < -0.39 is 28.5 Å². The van der Waals surface area contributed by atoms with E-state index in [0.29, 0.717) is 19.3 Å². The Labute approximate surface area is 330 Å². The Hall–Kier alpha value is -4.44. The molecule has 2 bridgehead atoms. The Kier molecular flexibility index (Phi) is 11.6. The van der Waals surface area contributed by atoms with Gasteiger partial charge in [-0.15, -0.1) is 0 Å². The Balaban J connectivity index is 0.000000143. The number of phenols is 1. The van der Waals surface area contributed by atoms with E-state index in [0.717, 1.165) is 36.8 Å². The zero-order valence-electron chi connectivity index (χ0n) is 34.3. The summed E-state index contributed by atoms with van der Waals surface area (Å²) >= 11 is 0. The quantitative estimate of drug-likeness (QED) is 0.167. The van der Waals surface area contributed by atoms with E-state index in [-0.39, 0.29) is 60.0 Å². The minimum absolute atomic E-state index is 0.0832. The first-order valence-corrected chi connectivity index (χ1v) is 20.2. The lowest BCUT2D eigenvalue weighted by Gasteiger charge is -2.27. The summed E-state index contributed by atoms with van der Waals surface area (Å²) in [7, 11) is 0. The van der Waals surface area contributed by atoms with Crippen LogP contribution in [0.5, 0.6) is 5.75 Å². The Bertz CT molecular complexity index is 1970. The smallest absolute Gasteiger partial charge is 0.312 e. The van der Waals surface area contributed by atoms with Gasteiger partial charge in [-0.25, -0.2) is 0 Å². The topological polar surface area (TPSA) is 135 Å². The Morgan fingerprint density at radius 3 is 1.95 bits per heavy atom. The van der Waals surface area contributed by atoms with Crippen molar-refractivity contribution in [3.63, 3.8) is 0 Å². The molecule has 56 heavy (non-hydrogen) atoms. The fraction of sp³-hybridized carbons (Fsp3) is 0.565. The summed E-state index contributed by atoms with van der Waals surface area (Å²) in [4.78, 5) is 47.9. The number of carbonyl (C=O) groups excluding carboxylic acids is 4. The lowest BCUT2D eigenvalue weighted by Crippen LogP contribution is -2.42. The third-order valence-electron chi connectivity index (χ3n) is 12.7. The molecule has 2 aliphatic carbocycles. The van der Waals surface area contributed by atoms with Gasteiger partial charge in [-0.1, -0.05) is 63.2 Å². The summed E-state index contributed by atoms with van der Waals surface area (Å²) in [5.41, 5.74) is 3.34. The van der Waals surface area contributed by atoms with Crippen molar-refractivity contribution in [2.45, 2.75) is 144 Å². The van der Waals surface area contributed by atoms with Crippen LogP contribution in [0.3, 0.4) is 0 Å². The first-order chi connectivity index (χ1) is 26.4. The Morgan fingerprint density at radius 1 is 0.714 bits per heavy atom. The summed E-state index contributed by atoms with van der Waals surface area (Å²) < 4.78 is 27.8. The number of fused-ring (bicyclic) bond motifs is 2. The number of hydrogen-bond acceptors (Lipinski definition) is 10. The van der Waals surface area contributed by atoms with E-state index in [1.807, 2.05) is 74.4 Å². The fourth-order valence-electron chi connectivity index (χ4n) is 7.65. The fourth-order valence-corrected chi connectivity index (χ4v) is 7.65. The molecule has 5 aliphatic rings. The molecule has 3 aromatic carbocycles. The van der Waals surface area contributed by atoms with Crippen LogP contribution in [0, 0.1) is 22.2 Å². The molecule has 3 saturated heterocycles. The molecule has 3 heterocycles. The highest BCUT2D eigenvalue weighted by Gasteiger charge is 2.65. The maximum Gasteiger partial charge on any atom is 0.312 e. The lowest BCUT2D eigenvalue weighted by atomic mass is 9.87. The summed E-state index contributed by atoms with van der Waals surface area (Å²) in [6, 6.07) is 17.9. The molecule has 3 aliphatic heterocycles. The maximum atomic E-state index is 12.3. The highest BCUT2D eigenvalue weighted by atomic mass is 16.7. The molecule has 3 aromatic rings. The van der Waals surface area contributed by atoms with E-state index in [2.05, 4.69) is 30.3 Å². The van der Waals surface area contributed by atoms with Gasteiger partial charge in [0.25, 0.3) is 0 Å². The minimum atomic E-state index is -0.510. The van der Waals surface area contributed by atoms with E-state index in [4.69, 9.17) is 23.7 Å². The molecule has 0 radical (unpaired) electrons. The SMILES string of the molecule is CCC(C)(C)C(=O)OC1C2CC3C(=O)OC1C3O2.CCC(C)(C)C(=O)OC1Cc2ccc(O)cc2C1.CCC(C)(C)C(=O)OC1Cc2cccc3cccc1c23. The minimum Gasteiger partial charge on any atom is -0.508 e. The van der Waals surface area contributed by atoms with E-state index in [1.54, 1.807) is 12.1 Å². The highest BCUT2D eigenvalue weighted by molar-refractivity contribution is 5.91. The van der Waals surface area contributed by atoms with Gasteiger partial charge in [0, 0.05) is 24.8 Å². The Morgan fingerprint density at radius 2 is 1.30 bits per heavy atom. The molecule has 0 saturated carbocycles. The molecule has 1 N–H and O–H groups in total. The summed E-state index contributed by atoms with van der Waals surface area (Å²) in [6.45, 7) is 17.4. The van der Waals surface area contributed by atoms with Gasteiger partial charge in [-0.05, 0) is 107 Å². The zero-order chi connectivity index (χ0) is 40.7. The largest absolute Gasteiger partial charge is 0.508 e. The second-order valence-corrected chi connectivity index (χ2v) is 17.8. The molecule has 3 fully saturated rings. The van der Waals surface area contributed by atoms with Crippen LogP contribution < -0.4 is 0 Å². The van der Waals surface area contributed by atoms with E-state index in [9.17, 15) is 24.3 Å². The number of hydrogen-bond donors (Lipinski definition) is 1. The summed E-state index contributed by atoms with van der Waals surface area (Å²) in [5, 5.41) is 11.9. The van der Waals surface area contributed by atoms with Crippen LogP contribution in [-0.2, 0) is 62.1 Å². The molecule has 0 spiro atoms. The van der Waals surface area contributed by atoms with E-state index >= 15 is 0 Å². The van der Waals surface area contributed by atoms with E-state index in [1.165, 1.54) is 21.9 Å². The molecule has 10 nitrogen and oxygen atoms in total.